The van der Waals surface area contributed by atoms with Gasteiger partial charge < -0.3 is 21.1 Å². The molecule has 1 aliphatic heterocycles. The van der Waals surface area contributed by atoms with Gasteiger partial charge in [0.1, 0.15) is 11.6 Å². The van der Waals surface area contributed by atoms with E-state index in [1.54, 1.807) is 24.3 Å². The maximum Gasteiger partial charge on any atom is 0.326 e. The Hall–Kier alpha value is -2.97. The summed E-state index contributed by atoms with van der Waals surface area (Å²) in [7, 11) is -4.28. The smallest absolute Gasteiger partial charge is 0.326 e. The standard InChI is InChI=1S/C30H29Cl4N5O6S/c1-30(12-21(36-19-6-7-19)15-39(30)46(44,45)22-10-17(31)9-18(32)11-22)29(43)38-25(28(41)42)8-16-2-4-20(5-3-16)37-27(40)26-23(33)13-35-14-24(26)34/h2-5,9-11,13-14,19,21,25,36H,6-8,12,15H2,1H3,(H,37,40)(H,38,43)(H,41,42)/t21-,25+,30?/m1/s1. The highest BCUT2D eigenvalue weighted by Gasteiger charge is 2.54. The number of aliphatic carboxylic acids is 1. The van der Waals surface area contributed by atoms with Gasteiger partial charge in [0.05, 0.1) is 20.5 Å². The fraction of sp³-hybridized carbons (Fsp3) is 0.333. The van der Waals surface area contributed by atoms with Crippen LogP contribution in [0.2, 0.25) is 20.1 Å². The van der Waals surface area contributed by atoms with Crippen molar-refractivity contribution in [3.05, 3.63) is 86.1 Å². The van der Waals surface area contributed by atoms with Crippen LogP contribution in [0.3, 0.4) is 0 Å². The zero-order valence-electron chi connectivity index (χ0n) is 24.3. The maximum absolute atomic E-state index is 13.9. The fourth-order valence-electron chi connectivity index (χ4n) is 5.41. The number of amides is 2. The fourth-order valence-corrected chi connectivity index (χ4v) is 8.47. The summed E-state index contributed by atoms with van der Waals surface area (Å²) in [5, 5.41) is 19.0. The van der Waals surface area contributed by atoms with Gasteiger partial charge in [0.15, 0.2) is 0 Å². The lowest BCUT2D eigenvalue weighted by atomic mass is 9.96. The molecule has 3 atom stereocenters. The van der Waals surface area contributed by atoms with Crippen LogP contribution in [-0.4, -0.2) is 70.8 Å². The highest BCUT2D eigenvalue weighted by Crippen LogP contribution is 2.38. The van der Waals surface area contributed by atoms with Crippen LogP contribution in [0.1, 0.15) is 42.1 Å². The minimum Gasteiger partial charge on any atom is -0.480 e. The second-order valence-electron chi connectivity index (χ2n) is 11.5. The Morgan fingerprint density at radius 1 is 1.00 bits per heavy atom. The van der Waals surface area contributed by atoms with Crippen LogP contribution in [0.25, 0.3) is 0 Å². The molecule has 1 aromatic heterocycles. The van der Waals surface area contributed by atoms with Crippen molar-refractivity contribution in [2.24, 2.45) is 0 Å². The number of carbonyl (C=O) groups excluding carboxylic acids is 2. The maximum atomic E-state index is 13.9. The quantitative estimate of drug-likeness (QED) is 0.214. The highest BCUT2D eigenvalue weighted by molar-refractivity contribution is 7.89. The predicted octanol–water partition coefficient (Wildman–Crippen LogP) is 5.03. The van der Waals surface area contributed by atoms with Crippen molar-refractivity contribution in [1.29, 1.82) is 0 Å². The van der Waals surface area contributed by atoms with E-state index in [1.165, 1.54) is 37.5 Å². The molecule has 1 unspecified atom stereocenters. The first-order valence-corrected chi connectivity index (χ1v) is 17.1. The lowest BCUT2D eigenvalue weighted by molar-refractivity contribution is -0.143. The first-order valence-electron chi connectivity index (χ1n) is 14.2. The number of hydrogen-bond acceptors (Lipinski definition) is 7. The van der Waals surface area contributed by atoms with Gasteiger partial charge in [-0.25, -0.2) is 13.2 Å². The molecule has 244 valence electrons. The number of carbonyl (C=O) groups is 3. The van der Waals surface area contributed by atoms with Crippen LogP contribution < -0.4 is 16.0 Å². The van der Waals surface area contributed by atoms with Gasteiger partial charge in [-0.15, -0.1) is 0 Å². The number of halogens is 4. The molecule has 0 spiro atoms. The molecular weight excluding hydrogens is 700 g/mol. The highest BCUT2D eigenvalue weighted by atomic mass is 35.5. The van der Waals surface area contributed by atoms with E-state index in [1.807, 2.05) is 0 Å². The topological polar surface area (TPSA) is 158 Å². The number of hydrogen-bond donors (Lipinski definition) is 4. The number of carboxylic acids is 1. The molecule has 4 N–H and O–H groups in total. The summed E-state index contributed by atoms with van der Waals surface area (Å²) in [6, 6.07) is 8.75. The van der Waals surface area contributed by atoms with Crippen LogP contribution in [0.5, 0.6) is 0 Å². The zero-order chi connectivity index (χ0) is 33.4. The van der Waals surface area contributed by atoms with Gasteiger partial charge in [-0.05, 0) is 62.1 Å². The summed E-state index contributed by atoms with van der Waals surface area (Å²) < 4.78 is 28.9. The Morgan fingerprint density at radius 3 is 2.17 bits per heavy atom. The Kier molecular flexibility index (Phi) is 10.2. The monoisotopic (exact) mass is 727 g/mol. The molecule has 1 aliphatic carbocycles. The minimum absolute atomic E-state index is 0.00623. The summed E-state index contributed by atoms with van der Waals surface area (Å²) in [6.07, 6.45) is 4.49. The summed E-state index contributed by atoms with van der Waals surface area (Å²) in [5.41, 5.74) is -0.644. The molecule has 11 nitrogen and oxygen atoms in total. The number of carboxylic acid groups (broad SMARTS) is 1. The molecule has 1 saturated carbocycles. The molecule has 2 aromatic carbocycles. The van der Waals surface area contributed by atoms with E-state index in [0.29, 0.717) is 11.3 Å². The van der Waals surface area contributed by atoms with Crippen LogP contribution >= 0.6 is 46.4 Å². The second kappa shape index (κ2) is 13.6. The Balaban J connectivity index is 1.33. The van der Waals surface area contributed by atoms with Crippen LogP contribution in [0.4, 0.5) is 5.69 Å². The predicted molar refractivity (Wildman–Crippen MR) is 175 cm³/mol. The van der Waals surface area contributed by atoms with E-state index in [0.717, 1.165) is 17.1 Å². The number of nitrogens with zero attached hydrogens (tertiary/aromatic N) is 2. The molecule has 5 rings (SSSR count). The molecule has 0 bridgehead atoms. The van der Waals surface area contributed by atoms with Crippen molar-refractivity contribution in [3.8, 4) is 0 Å². The summed E-state index contributed by atoms with van der Waals surface area (Å²) >= 11 is 24.3. The Labute approximate surface area is 285 Å². The molecule has 16 heteroatoms. The van der Waals surface area contributed by atoms with Crippen molar-refractivity contribution in [2.75, 3.05) is 11.9 Å². The number of pyridine rings is 1. The van der Waals surface area contributed by atoms with E-state index in [9.17, 15) is 27.9 Å². The Bertz CT molecular complexity index is 1750. The SMILES string of the molecule is CC1(C(=O)N[C@@H](Cc2ccc(NC(=O)c3c(Cl)cncc3Cl)cc2)C(=O)O)C[C@@H](NC2CC2)CN1S(=O)(=O)c1cc(Cl)cc(Cl)c1. The molecule has 3 aromatic rings. The molecule has 1 saturated heterocycles. The molecule has 46 heavy (non-hydrogen) atoms. The largest absolute Gasteiger partial charge is 0.480 e. The van der Waals surface area contributed by atoms with E-state index < -0.39 is 39.4 Å². The van der Waals surface area contributed by atoms with Gasteiger partial charge in [-0.1, -0.05) is 58.5 Å². The van der Waals surface area contributed by atoms with Crippen molar-refractivity contribution in [1.82, 2.24) is 19.9 Å². The first kappa shape index (κ1) is 34.4. The molecule has 2 aliphatic rings. The van der Waals surface area contributed by atoms with Gasteiger partial charge in [0.25, 0.3) is 5.91 Å². The number of benzene rings is 2. The van der Waals surface area contributed by atoms with Gasteiger partial charge in [0, 0.05) is 53.2 Å². The number of aromatic nitrogens is 1. The average Bonchev–Trinajstić information content (AvgIpc) is 3.72. The molecule has 2 heterocycles. The third kappa shape index (κ3) is 7.60. The van der Waals surface area contributed by atoms with Crippen LogP contribution in [0.15, 0.2) is 59.8 Å². The lowest BCUT2D eigenvalue weighted by Crippen LogP contribution is -2.58. The second-order valence-corrected chi connectivity index (χ2v) is 15.0. The number of nitrogens with one attached hydrogen (secondary N) is 3. The molecule has 0 radical (unpaired) electrons. The van der Waals surface area contributed by atoms with Crippen molar-refractivity contribution < 1.29 is 27.9 Å². The van der Waals surface area contributed by atoms with Gasteiger partial charge in [-0.3, -0.25) is 14.6 Å². The van der Waals surface area contributed by atoms with Gasteiger partial charge in [-0.2, -0.15) is 4.31 Å². The number of rotatable bonds is 11. The summed E-state index contributed by atoms with van der Waals surface area (Å²) in [4.78, 5) is 42.5. The van der Waals surface area contributed by atoms with Gasteiger partial charge >= 0.3 is 5.97 Å². The minimum atomic E-state index is -4.28. The molecular formula is C30H29Cl4N5O6S. The summed E-state index contributed by atoms with van der Waals surface area (Å²) in [5.74, 6) is -2.62. The van der Waals surface area contributed by atoms with Crippen LogP contribution in [0, 0.1) is 0 Å². The normalized spacial score (nSPS) is 20.7. The van der Waals surface area contributed by atoms with E-state index in [2.05, 4.69) is 20.9 Å². The Morgan fingerprint density at radius 2 is 1.61 bits per heavy atom. The molecule has 2 fully saturated rings. The van der Waals surface area contributed by atoms with E-state index in [-0.39, 0.29) is 62.0 Å². The van der Waals surface area contributed by atoms with Crippen molar-refractivity contribution >= 4 is 79.9 Å². The van der Waals surface area contributed by atoms with Gasteiger partial charge in [0.2, 0.25) is 15.9 Å². The number of anilines is 1. The van der Waals surface area contributed by atoms with E-state index in [4.69, 9.17) is 46.4 Å². The van der Waals surface area contributed by atoms with Crippen molar-refractivity contribution in [2.45, 2.75) is 61.2 Å². The molecule has 2 amide bonds. The lowest BCUT2D eigenvalue weighted by Gasteiger charge is -2.33. The third-order valence-corrected chi connectivity index (χ3v) is 10.9. The average molecular weight is 729 g/mol. The van der Waals surface area contributed by atoms with Crippen molar-refractivity contribution in [3.63, 3.8) is 0 Å². The zero-order valence-corrected chi connectivity index (χ0v) is 28.1. The summed E-state index contributed by atoms with van der Waals surface area (Å²) in [6.45, 7) is 1.48. The first-order chi connectivity index (χ1) is 21.7. The number of sulfonamides is 1. The third-order valence-electron chi connectivity index (χ3n) is 7.88. The van der Waals surface area contributed by atoms with E-state index >= 15 is 0 Å². The van der Waals surface area contributed by atoms with Crippen LogP contribution in [-0.2, 0) is 26.0 Å².